The zero-order valence-electron chi connectivity index (χ0n) is 13.4. The highest BCUT2D eigenvalue weighted by atomic mass is 32.1. The van der Waals surface area contributed by atoms with E-state index in [4.69, 9.17) is 12.2 Å². The lowest BCUT2D eigenvalue weighted by Crippen LogP contribution is -2.37. The number of carbonyl (C=O) groups is 1. The number of amides is 1. The van der Waals surface area contributed by atoms with E-state index in [2.05, 4.69) is 10.2 Å². The maximum atomic E-state index is 12.9. The number of halogens is 1. The second kappa shape index (κ2) is 7.09. The van der Waals surface area contributed by atoms with E-state index in [1.54, 1.807) is 24.3 Å². The Morgan fingerprint density at radius 3 is 2.58 bits per heavy atom. The smallest absolute Gasteiger partial charge is 0.246 e. The molecule has 7 heteroatoms. The van der Waals surface area contributed by atoms with Gasteiger partial charge in [-0.1, -0.05) is 12.1 Å². The Kier molecular flexibility index (Phi) is 4.89. The number of rotatable bonds is 3. The molecule has 1 fully saturated rings. The lowest BCUT2D eigenvalue weighted by molar-refractivity contribution is -0.127. The Morgan fingerprint density at radius 1 is 1.33 bits per heavy atom. The number of nitrogens with one attached hydrogen (secondary N) is 1. The van der Waals surface area contributed by atoms with E-state index in [-0.39, 0.29) is 11.7 Å². The molecule has 1 aliphatic rings. The Bertz CT molecular complexity index is 801. The molecule has 0 aliphatic carbocycles. The molecule has 1 aromatic heterocycles. The fourth-order valence-corrected chi connectivity index (χ4v) is 3.07. The quantitative estimate of drug-likeness (QED) is 0.686. The fourth-order valence-electron chi connectivity index (χ4n) is 2.93. The monoisotopic (exact) mass is 346 g/mol. The molecule has 0 bridgehead atoms. The van der Waals surface area contributed by atoms with Crippen molar-refractivity contribution in [2.75, 3.05) is 13.1 Å². The normalized spacial score (nSPS) is 16.0. The largest absolute Gasteiger partial charge is 0.339 e. The lowest BCUT2D eigenvalue weighted by Gasteiger charge is -2.30. The first-order valence-electron chi connectivity index (χ1n) is 7.88. The summed E-state index contributed by atoms with van der Waals surface area (Å²) < 4.78 is 15.4. The molecule has 0 atom stereocenters. The van der Waals surface area contributed by atoms with Crippen molar-refractivity contribution in [3.05, 3.63) is 52.3 Å². The summed E-state index contributed by atoms with van der Waals surface area (Å²) in [6.45, 7) is 1.38. The van der Waals surface area contributed by atoms with Crippen LogP contribution in [-0.4, -0.2) is 38.7 Å². The molecule has 1 saturated heterocycles. The van der Waals surface area contributed by atoms with Crippen LogP contribution in [-0.2, 0) is 11.8 Å². The van der Waals surface area contributed by atoms with E-state index in [0.717, 1.165) is 24.2 Å². The molecule has 2 aromatic rings. The summed E-state index contributed by atoms with van der Waals surface area (Å²) in [6, 6.07) is 6.06. The summed E-state index contributed by atoms with van der Waals surface area (Å²) in [5, 5.41) is 7.10. The summed E-state index contributed by atoms with van der Waals surface area (Å²) in [5.41, 5.74) is 0.807. The first-order chi connectivity index (χ1) is 11.5. The highest BCUT2D eigenvalue weighted by molar-refractivity contribution is 7.71. The van der Waals surface area contributed by atoms with Gasteiger partial charge in [0.2, 0.25) is 5.91 Å². The summed E-state index contributed by atoms with van der Waals surface area (Å²) in [7, 11) is 1.91. The summed E-state index contributed by atoms with van der Waals surface area (Å²) in [5.74, 6) is 0.962. The van der Waals surface area contributed by atoms with Gasteiger partial charge in [0.1, 0.15) is 11.6 Å². The van der Waals surface area contributed by atoms with Crippen LogP contribution < -0.4 is 0 Å². The standard InChI is InChI=1S/C17H19FN4OS/c1-21-16(19-20-17(21)24)13-8-10-22(11-9-13)15(23)7-4-12-2-5-14(18)6-3-12/h2-7,13H,8-11H2,1H3,(H,20,24)/b7-4+. The molecule has 126 valence electrons. The predicted octanol–water partition coefficient (Wildman–Crippen LogP) is 3.04. The van der Waals surface area contributed by atoms with Gasteiger partial charge in [-0.25, -0.2) is 4.39 Å². The van der Waals surface area contributed by atoms with Crippen LogP contribution in [0.4, 0.5) is 4.39 Å². The van der Waals surface area contributed by atoms with Crippen molar-refractivity contribution >= 4 is 24.2 Å². The molecular weight excluding hydrogens is 327 g/mol. The van der Waals surface area contributed by atoms with Crippen LogP contribution in [0.15, 0.2) is 30.3 Å². The number of aromatic nitrogens is 3. The van der Waals surface area contributed by atoms with Gasteiger partial charge in [-0.15, -0.1) is 0 Å². The third kappa shape index (κ3) is 3.62. The van der Waals surface area contributed by atoms with Crippen molar-refractivity contribution in [2.45, 2.75) is 18.8 Å². The van der Waals surface area contributed by atoms with Crippen LogP contribution in [0.5, 0.6) is 0 Å². The highest BCUT2D eigenvalue weighted by Crippen LogP contribution is 2.26. The zero-order valence-corrected chi connectivity index (χ0v) is 14.2. The molecule has 0 saturated carbocycles. The van der Waals surface area contributed by atoms with Crippen LogP contribution in [0.1, 0.15) is 30.1 Å². The molecule has 24 heavy (non-hydrogen) atoms. The van der Waals surface area contributed by atoms with Crippen molar-refractivity contribution in [1.29, 1.82) is 0 Å². The van der Waals surface area contributed by atoms with Gasteiger partial charge in [0.05, 0.1) is 0 Å². The molecule has 3 rings (SSSR count). The van der Waals surface area contributed by atoms with Gasteiger partial charge in [0, 0.05) is 32.1 Å². The van der Waals surface area contributed by atoms with E-state index >= 15 is 0 Å². The molecule has 0 radical (unpaired) electrons. The number of H-pyrrole nitrogens is 1. The topological polar surface area (TPSA) is 53.9 Å². The van der Waals surface area contributed by atoms with Crippen molar-refractivity contribution in [1.82, 2.24) is 19.7 Å². The number of nitrogens with zero attached hydrogens (tertiary/aromatic N) is 3. The van der Waals surface area contributed by atoms with Crippen molar-refractivity contribution in [3.8, 4) is 0 Å². The second-order valence-corrected chi connectivity index (χ2v) is 6.32. The maximum absolute atomic E-state index is 12.9. The summed E-state index contributed by atoms with van der Waals surface area (Å²) >= 11 is 5.14. The number of benzene rings is 1. The molecule has 1 amide bonds. The van der Waals surface area contributed by atoms with Crippen LogP contribution in [0.2, 0.25) is 0 Å². The van der Waals surface area contributed by atoms with Gasteiger partial charge in [0.15, 0.2) is 4.77 Å². The number of aromatic amines is 1. The third-order valence-electron chi connectivity index (χ3n) is 4.37. The maximum Gasteiger partial charge on any atom is 0.246 e. The second-order valence-electron chi connectivity index (χ2n) is 5.93. The number of hydrogen-bond acceptors (Lipinski definition) is 3. The van der Waals surface area contributed by atoms with Crippen molar-refractivity contribution in [3.63, 3.8) is 0 Å². The number of piperidine rings is 1. The van der Waals surface area contributed by atoms with Crippen LogP contribution in [0.3, 0.4) is 0 Å². The number of hydrogen-bond donors (Lipinski definition) is 1. The highest BCUT2D eigenvalue weighted by Gasteiger charge is 2.25. The number of likely N-dealkylation sites (tertiary alicyclic amines) is 1. The van der Waals surface area contributed by atoms with Gasteiger partial charge in [0.25, 0.3) is 0 Å². The Morgan fingerprint density at radius 2 is 2.00 bits per heavy atom. The van der Waals surface area contributed by atoms with Gasteiger partial charge in [-0.05, 0) is 48.8 Å². The van der Waals surface area contributed by atoms with Gasteiger partial charge >= 0.3 is 0 Å². The Hall–Kier alpha value is -2.28. The molecule has 1 N–H and O–H groups in total. The average molecular weight is 346 g/mol. The Balaban J connectivity index is 1.58. The minimum Gasteiger partial charge on any atom is -0.339 e. The van der Waals surface area contributed by atoms with Gasteiger partial charge in [-0.3, -0.25) is 9.89 Å². The average Bonchev–Trinajstić information content (AvgIpc) is 2.93. The molecule has 1 aromatic carbocycles. The minimum absolute atomic E-state index is 0.0202. The van der Waals surface area contributed by atoms with E-state index < -0.39 is 0 Å². The lowest BCUT2D eigenvalue weighted by atomic mass is 9.96. The summed E-state index contributed by atoms with van der Waals surface area (Å²) in [4.78, 5) is 14.1. The Labute approximate surface area is 144 Å². The van der Waals surface area contributed by atoms with Crippen LogP contribution in [0.25, 0.3) is 6.08 Å². The van der Waals surface area contributed by atoms with Crippen LogP contribution >= 0.6 is 12.2 Å². The minimum atomic E-state index is -0.283. The molecular formula is C17H19FN4OS. The SMILES string of the molecule is Cn1c(C2CCN(C(=O)/C=C/c3ccc(F)cc3)CC2)n[nH]c1=S. The molecule has 2 heterocycles. The van der Waals surface area contributed by atoms with Crippen molar-refractivity contribution in [2.24, 2.45) is 7.05 Å². The van der Waals surface area contributed by atoms with E-state index in [0.29, 0.717) is 23.8 Å². The zero-order chi connectivity index (χ0) is 17.1. The van der Waals surface area contributed by atoms with Crippen LogP contribution in [0, 0.1) is 10.6 Å². The van der Waals surface area contributed by atoms with Gasteiger partial charge in [-0.2, -0.15) is 5.10 Å². The first-order valence-corrected chi connectivity index (χ1v) is 8.29. The third-order valence-corrected chi connectivity index (χ3v) is 4.74. The van der Waals surface area contributed by atoms with E-state index in [1.165, 1.54) is 12.1 Å². The predicted molar refractivity (Wildman–Crippen MR) is 92.4 cm³/mol. The molecule has 5 nitrogen and oxygen atoms in total. The van der Waals surface area contributed by atoms with E-state index in [1.807, 2.05) is 16.5 Å². The number of carbonyl (C=O) groups excluding carboxylic acids is 1. The first kappa shape index (κ1) is 16.6. The van der Waals surface area contributed by atoms with Crippen molar-refractivity contribution < 1.29 is 9.18 Å². The molecule has 0 spiro atoms. The van der Waals surface area contributed by atoms with Gasteiger partial charge < -0.3 is 9.47 Å². The molecule has 0 unspecified atom stereocenters. The summed E-state index contributed by atoms with van der Waals surface area (Å²) in [6.07, 6.45) is 4.99. The fraction of sp³-hybridized carbons (Fsp3) is 0.353. The van der Waals surface area contributed by atoms with E-state index in [9.17, 15) is 9.18 Å². The molecule has 1 aliphatic heterocycles.